The van der Waals surface area contributed by atoms with Gasteiger partial charge in [0.2, 0.25) is 18.1 Å². The molecule has 0 spiro atoms. The lowest BCUT2D eigenvalue weighted by Gasteiger charge is -2.27. The lowest BCUT2D eigenvalue weighted by atomic mass is 9.92. The van der Waals surface area contributed by atoms with Gasteiger partial charge in [0, 0.05) is 54.9 Å². The maximum absolute atomic E-state index is 13.5. The lowest BCUT2D eigenvalue weighted by Crippen LogP contribution is -2.37. The van der Waals surface area contributed by atoms with Crippen LogP contribution in [0.1, 0.15) is 46.8 Å². The van der Waals surface area contributed by atoms with Crippen molar-refractivity contribution in [3.63, 3.8) is 0 Å². The molecule has 0 bridgehead atoms. The molecule has 0 saturated carbocycles. The smallest absolute Gasteiger partial charge is 0.263 e. The molecule has 12 heteroatoms. The zero-order valence-electron chi connectivity index (χ0n) is 22.4. The number of carbonyl (C=O) groups is 3. The Morgan fingerprint density at radius 2 is 1.61 bits per heavy atom. The van der Waals surface area contributed by atoms with Gasteiger partial charge >= 0.3 is 0 Å². The number of morpholine rings is 1. The molecule has 2 heterocycles. The van der Waals surface area contributed by atoms with E-state index in [1.165, 1.54) is 0 Å². The third-order valence-electron chi connectivity index (χ3n) is 7.73. The maximum atomic E-state index is 13.5. The van der Waals surface area contributed by atoms with Gasteiger partial charge in [-0.15, -0.1) is 0 Å². The molecule has 2 aliphatic heterocycles. The van der Waals surface area contributed by atoms with Crippen LogP contribution in [0.4, 0.5) is 5.69 Å². The first-order chi connectivity index (χ1) is 19.6. The molecule has 3 amide bonds. The van der Waals surface area contributed by atoms with Crippen LogP contribution in [0.15, 0.2) is 24.3 Å². The van der Waals surface area contributed by atoms with Gasteiger partial charge in [0.1, 0.15) is 0 Å². The number of phenolic OH excluding ortho intramolecular Hbond substituents is 5. The topological polar surface area (TPSA) is 180 Å². The van der Waals surface area contributed by atoms with E-state index in [2.05, 4.69) is 4.90 Å². The van der Waals surface area contributed by atoms with Crippen LogP contribution in [-0.4, -0.2) is 81.0 Å². The van der Waals surface area contributed by atoms with Crippen LogP contribution < -0.4 is 10.2 Å². The number of aromatic hydroxyl groups is 5. The summed E-state index contributed by atoms with van der Waals surface area (Å²) in [6.45, 7) is 5.38. The van der Waals surface area contributed by atoms with Crippen molar-refractivity contribution in [1.29, 1.82) is 0 Å². The Morgan fingerprint density at radius 1 is 0.951 bits per heavy atom. The second-order valence-corrected chi connectivity index (χ2v) is 10.3. The third kappa shape index (κ3) is 4.96. The number of nitrogens with zero attached hydrogens (tertiary/aromatic N) is 2. The number of benzene rings is 3. The first-order valence-corrected chi connectivity index (χ1v) is 13.3. The van der Waals surface area contributed by atoms with Crippen molar-refractivity contribution >= 4 is 34.7 Å². The van der Waals surface area contributed by atoms with E-state index in [-0.39, 0.29) is 53.3 Å². The van der Waals surface area contributed by atoms with Gasteiger partial charge in [-0.3, -0.25) is 24.6 Å². The lowest BCUT2D eigenvalue weighted by molar-refractivity contribution is -0.125. The van der Waals surface area contributed by atoms with Gasteiger partial charge in [0.15, 0.2) is 23.0 Å². The van der Waals surface area contributed by atoms with Crippen molar-refractivity contribution in [2.24, 2.45) is 0 Å². The number of imide groups is 1. The Bertz CT molecular complexity index is 1530. The summed E-state index contributed by atoms with van der Waals surface area (Å²) in [5, 5.41) is 56.3. The van der Waals surface area contributed by atoms with Crippen LogP contribution in [0.25, 0.3) is 10.8 Å². The van der Waals surface area contributed by atoms with Crippen LogP contribution >= 0.6 is 0 Å². The number of carbonyl (C=O) groups excluding carboxylic acids is 3. The number of ether oxygens (including phenoxy) is 1. The average molecular weight is 566 g/mol. The second-order valence-electron chi connectivity index (χ2n) is 10.3. The molecule has 216 valence electrons. The van der Waals surface area contributed by atoms with Crippen molar-refractivity contribution in [2.75, 3.05) is 31.2 Å². The van der Waals surface area contributed by atoms with Crippen LogP contribution in [-0.2, 0) is 27.3 Å². The second kappa shape index (κ2) is 11.1. The summed E-state index contributed by atoms with van der Waals surface area (Å²) < 4.78 is 5.39. The highest BCUT2D eigenvalue weighted by Gasteiger charge is 2.42. The highest BCUT2D eigenvalue weighted by atomic mass is 16.5. The minimum Gasteiger partial charge on any atom is -0.504 e. The fourth-order valence-electron chi connectivity index (χ4n) is 5.58. The Kier molecular flexibility index (Phi) is 7.61. The van der Waals surface area contributed by atoms with Crippen LogP contribution in [0, 0.1) is 0 Å². The summed E-state index contributed by atoms with van der Waals surface area (Å²) in [5.74, 6) is -5.14. The summed E-state index contributed by atoms with van der Waals surface area (Å²) in [4.78, 5) is 39.3. The van der Waals surface area contributed by atoms with Gasteiger partial charge in [-0.1, -0.05) is 24.3 Å². The number of anilines is 1. The summed E-state index contributed by atoms with van der Waals surface area (Å²) in [6.07, 6.45) is 0.217. The molecule has 3 aromatic rings. The minimum atomic E-state index is -0.932. The Morgan fingerprint density at radius 3 is 2.27 bits per heavy atom. The van der Waals surface area contributed by atoms with E-state index >= 15 is 0 Å². The van der Waals surface area contributed by atoms with E-state index in [9.17, 15) is 39.9 Å². The quantitative estimate of drug-likeness (QED) is 0.166. The Labute approximate surface area is 235 Å². The van der Waals surface area contributed by atoms with E-state index in [1.54, 1.807) is 6.92 Å². The molecule has 3 aromatic carbocycles. The predicted octanol–water partition coefficient (Wildman–Crippen LogP) is 2.19. The van der Waals surface area contributed by atoms with Gasteiger partial charge < -0.3 is 35.2 Å². The molecule has 0 aliphatic carbocycles. The zero-order chi connectivity index (χ0) is 29.4. The minimum absolute atomic E-state index is 0.0266. The molecule has 1 fully saturated rings. The summed E-state index contributed by atoms with van der Waals surface area (Å²) >= 11 is 0. The zero-order valence-corrected chi connectivity index (χ0v) is 22.4. The van der Waals surface area contributed by atoms with Crippen LogP contribution in [0.2, 0.25) is 0 Å². The number of amides is 3. The van der Waals surface area contributed by atoms with E-state index in [4.69, 9.17) is 4.74 Å². The number of rotatable bonds is 9. The normalized spacial score (nSPS) is 15.8. The van der Waals surface area contributed by atoms with Gasteiger partial charge in [-0.2, -0.15) is 0 Å². The van der Waals surface area contributed by atoms with Gasteiger partial charge in [-0.05, 0) is 24.5 Å². The molecule has 41 heavy (non-hydrogen) atoms. The molecule has 0 radical (unpaired) electrons. The highest BCUT2D eigenvalue weighted by molar-refractivity contribution is 6.30. The molecule has 0 aromatic heterocycles. The van der Waals surface area contributed by atoms with Gasteiger partial charge in [0.05, 0.1) is 24.5 Å². The molecular formula is C29H31N3O9. The predicted molar refractivity (Wildman–Crippen MR) is 147 cm³/mol. The fraction of sp³-hybridized carbons (Fsp3) is 0.345. The number of hydrogen-bond acceptors (Lipinski definition) is 10. The fourth-order valence-corrected chi connectivity index (χ4v) is 5.58. The van der Waals surface area contributed by atoms with Crippen LogP contribution in [0.5, 0.6) is 28.7 Å². The monoisotopic (exact) mass is 565 g/mol. The van der Waals surface area contributed by atoms with E-state index in [0.29, 0.717) is 13.2 Å². The maximum Gasteiger partial charge on any atom is 0.263 e. The number of nitrogens with one attached hydrogen (secondary N) is 1. The van der Waals surface area contributed by atoms with E-state index in [0.717, 1.165) is 35.7 Å². The summed E-state index contributed by atoms with van der Waals surface area (Å²) in [5.41, 5.74) is 1.36. The standard InChI is InChI=1S/C29H31N3O9/c1-15(2-7-19(34)30-14-33)32-23-21-20(25(36)28(39)26(37)22(21)29(32)40)18(24(35)27(23)38)12-16-3-5-17(6-4-16)13-31-8-10-41-11-9-31/h3-6,14-15,35-39H,2,7-13H2,1H3,(H,30,33,34). The van der Waals surface area contributed by atoms with Crippen LogP contribution in [0.3, 0.4) is 0 Å². The Hall–Kier alpha value is -4.55. The molecule has 1 atom stereocenters. The first-order valence-electron chi connectivity index (χ1n) is 13.3. The van der Waals surface area contributed by atoms with Crippen molar-refractivity contribution in [3.8, 4) is 28.7 Å². The Balaban J connectivity index is 1.54. The molecule has 5 rings (SSSR count). The van der Waals surface area contributed by atoms with Gasteiger partial charge in [0.25, 0.3) is 5.91 Å². The molecule has 1 saturated heterocycles. The third-order valence-corrected chi connectivity index (χ3v) is 7.73. The van der Waals surface area contributed by atoms with E-state index in [1.807, 2.05) is 29.6 Å². The van der Waals surface area contributed by atoms with Crippen molar-refractivity contribution in [2.45, 2.75) is 38.8 Å². The van der Waals surface area contributed by atoms with Crippen molar-refractivity contribution in [1.82, 2.24) is 10.2 Å². The molecular weight excluding hydrogens is 534 g/mol. The first kappa shape index (κ1) is 28.0. The largest absolute Gasteiger partial charge is 0.504 e. The van der Waals surface area contributed by atoms with Crippen molar-refractivity contribution < 1.29 is 44.7 Å². The summed E-state index contributed by atoms with van der Waals surface area (Å²) in [7, 11) is 0. The van der Waals surface area contributed by atoms with Gasteiger partial charge in [-0.25, -0.2) is 0 Å². The van der Waals surface area contributed by atoms with Crippen molar-refractivity contribution in [3.05, 3.63) is 46.5 Å². The van der Waals surface area contributed by atoms with E-state index < -0.39 is 46.6 Å². The number of hydrogen-bond donors (Lipinski definition) is 6. The average Bonchev–Trinajstić information content (AvgIpc) is 3.27. The number of phenols is 5. The molecule has 1 unspecified atom stereocenters. The molecule has 12 nitrogen and oxygen atoms in total. The summed E-state index contributed by atoms with van der Waals surface area (Å²) in [6, 6.07) is 6.85. The highest BCUT2D eigenvalue weighted by Crippen LogP contribution is 2.58. The molecule has 2 aliphatic rings. The SMILES string of the molecule is CC(CCC(=O)NC=O)N1C(=O)c2c(O)c(O)c(O)c3c(Cc4ccc(CN5CCOCC5)cc4)c(O)c(O)c1c23. The molecule has 6 N–H and O–H groups in total.